The van der Waals surface area contributed by atoms with Gasteiger partial charge in [-0.2, -0.15) is 4.98 Å². The molecule has 2 heterocycles. The number of carbonyl (C=O) groups is 1. The second-order valence-electron chi connectivity index (χ2n) is 4.98. The first kappa shape index (κ1) is 18.7. The van der Waals surface area contributed by atoms with Crippen LogP contribution in [0.3, 0.4) is 0 Å². The summed E-state index contributed by atoms with van der Waals surface area (Å²) in [6.07, 6.45) is -4.68. The Kier molecular flexibility index (Phi) is 5.50. The van der Waals surface area contributed by atoms with Crippen LogP contribution in [0.4, 0.5) is 5.82 Å². The van der Waals surface area contributed by atoms with E-state index in [-0.39, 0.29) is 5.82 Å². The lowest BCUT2D eigenvalue weighted by Gasteiger charge is -2.20. The summed E-state index contributed by atoms with van der Waals surface area (Å²) in [5.41, 5.74) is -0.890. The molecule has 1 aromatic rings. The zero-order chi connectivity index (χ0) is 18.1. The van der Waals surface area contributed by atoms with E-state index in [1.165, 1.54) is 19.2 Å². The van der Waals surface area contributed by atoms with Gasteiger partial charge in [0.05, 0.1) is 6.61 Å². The average Bonchev–Trinajstić information content (AvgIpc) is 2.74. The van der Waals surface area contributed by atoms with Crippen molar-refractivity contribution in [2.45, 2.75) is 31.5 Å². The predicted molar refractivity (Wildman–Crippen MR) is 76.7 cm³/mol. The Morgan fingerprint density at radius 1 is 1.54 bits per heavy atom. The first-order valence-corrected chi connectivity index (χ1v) is 8.20. The molecule has 0 aliphatic carbocycles. The Bertz CT molecular complexity index is 717. The summed E-state index contributed by atoms with van der Waals surface area (Å²) in [4.78, 5) is 44.2. The van der Waals surface area contributed by atoms with E-state index in [4.69, 9.17) is 14.5 Å². The molecule has 2 rings (SSSR count). The zero-order valence-corrected chi connectivity index (χ0v) is 13.2. The van der Waals surface area contributed by atoms with Crippen molar-refractivity contribution in [1.29, 1.82) is 0 Å². The summed E-state index contributed by atoms with van der Waals surface area (Å²) in [7, 11) is -4.96. The lowest BCUT2D eigenvalue weighted by atomic mass is 10.1. The molecule has 1 aliphatic heterocycles. The maximum atomic E-state index is 12.0. The number of phosphoric acid groups is 1. The van der Waals surface area contributed by atoms with E-state index in [0.717, 1.165) is 4.57 Å². The van der Waals surface area contributed by atoms with Crippen molar-refractivity contribution in [3.05, 3.63) is 22.7 Å². The minimum atomic E-state index is -4.96. The molecule has 1 fully saturated rings. The second kappa shape index (κ2) is 7.07. The van der Waals surface area contributed by atoms with Gasteiger partial charge in [-0.3, -0.25) is 13.9 Å². The van der Waals surface area contributed by atoms with Gasteiger partial charge in [0.2, 0.25) is 5.91 Å². The van der Waals surface area contributed by atoms with Gasteiger partial charge < -0.3 is 30.1 Å². The molecule has 0 bridgehead atoms. The molecule has 0 radical (unpaired) electrons. The highest BCUT2D eigenvalue weighted by Gasteiger charge is 2.48. The third kappa shape index (κ3) is 4.24. The number of aliphatic hydroxyl groups excluding tert-OH is 2. The molecule has 13 heteroatoms. The van der Waals surface area contributed by atoms with Crippen LogP contribution in [-0.4, -0.2) is 60.4 Å². The standard InChI is InChI=1S/C11H16N3O9P/c1-5(16)12-7-2-3-14(11(18)13-7)10-8(17)9(6(4-15)22-10)23-24(19,20)21/h2-3,6,8-10,15,17H,4H2,1H3,(H2,19,20,21)(H,12,13,16,18)/t6-,8-,9-,10-/m1/s1. The quantitative estimate of drug-likeness (QED) is 0.364. The van der Waals surface area contributed by atoms with Gasteiger partial charge in [0.1, 0.15) is 24.1 Å². The lowest BCUT2D eigenvalue weighted by molar-refractivity contribution is -0.114. The molecule has 1 amide bonds. The Hall–Kier alpha value is -1.66. The third-order valence-corrected chi connectivity index (χ3v) is 3.67. The minimum absolute atomic E-state index is 0.0158. The summed E-state index contributed by atoms with van der Waals surface area (Å²) in [6.45, 7) is 0.525. The number of aromatic nitrogens is 2. The van der Waals surface area contributed by atoms with E-state index < -0.39 is 50.6 Å². The Balaban J connectivity index is 2.27. The van der Waals surface area contributed by atoms with Gasteiger partial charge in [0.25, 0.3) is 0 Å². The van der Waals surface area contributed by atoms with Crippen LogP contribution in [-0.2, 0) is 18.6 Å². The number of aliphatic hydroxyl groups is 2. The van der Waals surface area contributed by atoms with Gasteiger partial charge in [-0.15, -0.1) is 0 Å². The van der Waals surface area contributed by atoms with E-state index in [2.05, 4.69) is 14.8 Å². The Morgan fingerprint density at radius 2 is 2.21 bits per heavy atom. The summed E-state index contributed by atoms with van der Waals surface area (Å²) >= 11 is 0. The maximum Gasteiger partial charge on any atom is 0.470 e. The molecular weight excluding hydrogens is 349 g/mol. The molecule has 1 aromatic heterocycles. The maximum absolute atomic E-state index is 12.0. The highest BCUT2D eigenvalue weighted by Crippen LogP contribution is 2.43. The lowest BCUT2D eigenvalue weighted by Crippen LogP contribution is -2.37. The van der Waals surface area contributed by atoms with Crippen LogP contribution in [0.1, 0.15) is 13.2 Å². The summed E-state index contributed by atoms with van der Waals surface area (Å²) in [5, 5.41) is 21.7. The molecule has 134 valence electrons. The van der Waals surface area contributed by atoms with Crippen molar-refractivity contribution in [3.8, 4) is 0 Å². The van der Waals surface area contributed by atoms with E-state index >= 15 is 0 Å². The molecule has 0 aromatic carbocycles. The van der Waals surface area contributed by atoms with Crippen molar-refractivity contribution in [2.75, 3.05) is 11.9 Å². The van der Waals surface area contributed by atoms with Crippen molar-refractivity contribution in [2.24, 2.45) is 0 Å². The number of nitrogens with one attached hydrogen (secondary N) is 1. The van der Waals surface area contributed by atoms with Crippen LogP contribution >= 0.6 is 7.82 Å². The van der Waals surface area contributed by atoms with Crippen LogP contribution < -0.4 is 11.0 Å². The molecule has 5 N–H and O–H groups in total. The molecule has 4 atom stereocenters. The highest BCUT2D eigenvalue weighted by molar-refractivity contribution is 7.46. The van der Waals surface area contributed by atoms with Gasteiger partial charge >= 0.3 is 13.5 Å². The van der Waals surface area contributed by atoms with Crippen molar-refractivity contribution in [1.82, 2.24) is 9.55 Å². The van der Waals surface area contributed by atoms with Crippen LogP contribution in [0.2, 0.25) is 0 Å². The largest absolute Gasteiger partial charge is 0.470 e. The average molecular weight is 365 g/mol. The van der Waals surface area contributed by atoms with Crippen LogP contribution in [0, 0.1) is 0 Å². The van der Waals surface area contributed by atoms with Crippen molar-refractivity contribution >= 4 is 19.5 Å². The highest BCUT2D eigenvalue weighted by atomic mass is 31.2. The Morgan fingerprint density at radius 3 is 2.71 bits per heavy atom. The van der Waals surface area contributed by atoms with Gasteiger partial charge in [-0.1, -0.05) is 0 Å². The van der Waals surface area contributed by atoms with E-state index in [1.807, 2.05) is 0 Å². The minimum Gasteiger partial charge on any atom is -0.394 e. The van der Waals surface area contributed by atoms with Crippen LogP contribution in [0.15, 0.2) is 17.1 Å². The van der Waals surface area contributed by atoms with Crippen LogP contribution in [0.5, 0.6) is 0 Å². The van der Waals surface area contributed by atoms with Crippen LogP contribution in [0.25, 0.3) is 0 Å². The SMILES string of the molecule is CC(=O)Nc1ccn([C@@H]2O[C@H](CO)[C@@H](OP(=O)(O)O)[C@H]2O)c(=O)n1. The van der Waals surface area contributed by atoms with Gasteiger partial charge in [-0.05, 0) is 6.07 Å². The summed E-state index contributed by atoms with van der Waals surface area (Å²) in [5.74, 6) is -0.454. The third-order valence-electron chi connectivity index (χ3n) is 3.16. The number of nitrogens with zero attached hydrogens (tertiary/aromatic N) is 2. The number of amides is 1. The normalized spacial score (nSPS) is 27.2. The monoisotopic (exact) mass is 365 g/mol. The number of anilines is 1. The molecule has 0 spiro atoms. The molecule has 12 nitrogen and oxygen atoms in total. The van der Waals surface area contributed by atoms with Gasteiger partial charge in [0.15, 0.2) is 6.23 Å². The molecule has 0 saturated carbocycles. The van der Waals surface area contributed by atoms with Crippen molar-refractivity contribution < 1.29 is 38.6 Å². The fraction of sp³-hybridized carbons (Fsp3) is 0.545. The van der Waals surface area contributed by atoms with E-state index in [1.54, 1.807) is 0 Å². The molecule has 1 saturated heterocycles. The number of hydrogen-bond acceptors (Lipinski definition) is 8. The zero-order valence-electron chi connectivity index (χ0n) is 12.3. The van der Waals surface area contributed by atoms with E-state index in [0.29, 0.717) is 0 Å². The second-order valence-corrected chi connectivity index (χ2v) is 6.17. The predicted octanol–water partition coefficient (Wildman–Crippen LogP) is -2.07. The topological polar surface area (TPSA) is 180 Å². The smallest absolute Gasteiger partial charge is 0.394 e. The first-order valence-electron chi connectivity index (χ1n) is 6.67. The fourth-order valence-corrected chi connectivity index (χ4v) is 2.82. The Labute approximate surface area is 134 Å². The first-order chi connectivity index (χ1) is 11.1. The molecule has 0 unspecified atom stereocenters. The number of rotatable bonds is 5. The number of carbonyl (C=O) groups excluding carboxylic acids is 1. The van der Waals surface area contributed by atoms with Crippen molar-refractivity contribution in [3.63, 3.8) is 0 Å². The molecular formula is C11H16N3O9P. The fourth-order valence-electron chi connectivity index (χ4n) is 2.24. The number of ether oxygens (including phenoxy) is 1. The summed E-state index contributed by atoms with van der Waals surface area (Å²) in [6, 6.07) is 1.27. The van der Waals surface area contributed by atoms with Gasteiger partial charge in [-0.25, -0.2) is 9.36 Å². The molecule has 24 heavy (non-hydrogen) atoms. The van der Waals surface area contributed by atoms with E-state index in [9.17, 15) is 24.4 Å². The summed E-state index contributed by atoms with van der Waals surface area (Å²) < 4.78 is 21.5. The van der Waals surface area contributed by atoms with Gasteiger partial charge in [0, 0.05) is 13.1 Å². The number of phosphoric ester groups is 1. The molecule has 1 aliphatic rings. The number of hydrogen-bond donors (Lipinski definition) is 5.